The number of piperazine rings is 1. The Balaban J connectivity index is 2.02. The number of hydrogen-bond donors (Lipinski definition) is 1. The van der Waals surface area contributed by atoms with Gasteiger partial charge in [-0.3, -0.25) is 9.59 Å². The minimum absolute atomic E-state index is 0.0559. The number of benzene rings is 1. The molecule has 0 spiro atoms. The van der Waals surface area contributed by atoms with Crippen molar-refractivity contribution in [2.75, 3.05) is 19.7 Å². The number of amides is 2. The molecule has 1 N–H and O–H groups in total. The number of nitrogens with zero attached hydrogens (tertiary/aromatic N) is 1. The Morgan fingerprint density at radius 2 is 1.90 bits per heavy atom. The third kappa shape index (κ3) is 3.35. The third-order valence-corrected chi connectivity index (χ3v) is 3.71. The van der Waals surface area contributed by atoms with Gasteiger partial charge in [-0.25, -0.2) is 0 Å². The molecule has 5 nitrogen and oxygen atoms in total. The summed E-state index contributed by atoms with van der Waals surface area (Å²) in [6.07, 6.45) is 0. The van der Waals surface area contributed by atoms with Crippen LogP contribution in [0.5, 0.6) is 5.75 Å². The molecule has 5 heteroatoms. The first-order valence-corrected chi connectivity index (χ1v) is 7.10. The molecular formula is C16H22N2O3. The van der Waals surface area contributed by atoms with Crippen molar-refractivity contribution in [3.05, 3.63) is 29.3 Å². The summed E-state index contributed by atoms with van der Waals surface area (Å²) in [4.78, 5) is 25.7. The molecule has 2 amide bonds. The zero-order valence-corrected chi connectivity index (χ0v) is 13.0. The standard InChI is InChI=1S/C16H22N2O3/c1-11-7-12(2)9-13(8-11)21-10-14(19)18-6-5-17-15(20)16(18,3)4/h7-9H,5-6,10H2,1-4H3,(H,17,20). The summed E-state index contributed by atoms with van der Waals surface area (Å²) in [6, 6.07) is 5.84. The summed E-state index contributed by atoms with van der Waals surface area (Å²) >= 11 is 0. The van der Waals surface area contributed by atoms with Crippen LogP contribution in [-0.4, -0.2) is 41.9 Å². The first-order valence-electron chi connectivity index (χ1n) is 7.10. The van der Waals surface area contributed by atoms with Crippen molar-refractivity contribution in [2.45, 2.75) is 33.2 Å². The van der Waals surface area contributed by atoms with Crippen molar-refractivity contribution < 1.29 is 14.3 Å². The first-order chi connectivity index (χ1) is 9.80. The number of nitrogens with one attached hydrogen (secondary N) is 1. The molecular weight excluding hydrogens is 268 g/mol. The van der Waals surface area contributed by atoms with Crippen molar-refractivity contribution >= 4 is 11.8 Å². The van der Waals surface area contributed by atoms with Gasteiger partial charge in [0.25, 0.3) is 5.91 Å². The third-order valence-electron chi connectivity index (χ3n) is 3.71. The topological polar surface area (TPSA) is 58.6 Å². The summed E-state index contributed by atoms with van der Waals surface area (Å²) < 4.78 is 5.59. The van der Waals surface area contributed by atoms with Gasteiger partial charge in [0.15, 0.2) is 6.61 Å². The lowest BCUT2D eigenvalue weighted by atomic mass is 9.99. The SMILES string of the molecule is Cc1cc(C)cc(OCC(=O)N2CCNC(=O)C2(C)C)c1. The second-order valence-corrected chi connectivity index (χ2v) is 5.97. The van der Waals surface area contributed by atoms with Crippen molar-refractivity contribution in [2.24, 2.45) is 0 Å². The van der Waals surface area contributed by atoms with Crippen LogP contribution in [0.3, 0.4) is 0 Å². The van der Waals surface area contributed by atoms with Gasteiger partial charge in [0, 0.05) is 13.1 Å². The second-order valence-electron chi connectivity index (χ2n) is 5.97. The number of aryl methyl sites for hydroxylation is 2. The monoisotopic (exact) mass is 290 g/mol. The van der Waals surface area contributed by atoms with Crippen LogP contribution in [0.15, 0.2) is 18.2 Å². The Labute approximate surface area is 125 Å². The van der Waals surface area contributed by atoms with Gasteiger partial charge >= 0.3 is 0 Å². The summed E-state index contributed by atoms with van der Waals surface area (Å²) in [5.74, 6) is 0.377. The number of carbonyl (C=O) groups is 2. The van der Waals surface area contributed by atoms with E-state index in [9.17, 15) is 9.59 Å². The average Bonchev–Trinajstić information content (AvgIpc) is 2.38. The van der Waals surface area contributed by atoms with Crippen LogP contribution in [0.1, 0.15) is 25.0 Å². The average molecular weight is 290 g/mol. The number of carbonyl (C=O) groups excluding carboxylic acids is 2. The molecule has 0 radical (unpaired) electrons. The van der Waals surface area contributed by atoms with E-state index in [2.05, 4.69) is 5.32 Å². The molecule has 114 valence electrons. The Hall–Kier alpha value is -2.04. The lowest BCUT2D eigenvalue weighted by Gasteiger charge is -2.41. The molecule has 1 aromatic rings. The lowest BCUT2D eigenvalue weighted by Crippen LogP contribution is -2.64. The Bertz CT molecular complexity index is 546. The highest BCUT2D eigenvalue weighted by molar-refractivity contribution is 5.92. The van der Waals surface area contributed by atoms with Crippen LogP contribution in [0.4, 0.5) is 0 Å². The van der Waals surface area contributed by atoms with E-state index in [1.165, 1.54) is 0 Å². The van der Waals surface area contributed by atoms with Crippen LogP contribution < -0.4 is 10.1 Å². The lowest BCUT2D eigenvalue weighted by molar-refractivity contribution is -0.150. The van der Waals surface area contributed by atoms with Crippen molar-refractivity contribution in [1.29, 1.82) is 0 Å². The summed E-state index contributed by atoms with van der Waals surface area (Å²) in [5, 5.41) is 2.77. The summed E-state index contributed by atoms with van der Waals surface area (Å²) in [7, 11) is 0. The van der Waals surface area contributed by atoms with Crippen LogP contribution in [0.25, 0.3) is 0 Å². The van der Waals surface area contributed by atoms with Crippen LogP contribution in [-0.2, 0) is 9.59 Å². The maximum Gasteiger partial charge on any atom is 0.261 e. The van der Waals surface area contributed by atoms with E-state index in [-0.39, 0.29) is 18.4 Å². The Morgan fingerprint density at radius 1 is 1.29 bits per heavy atom. The quantitative estimate of drug-likeness (QED) is 0.916. The maximum atomic E-state index is 12.3. The number of hydrogen-bond acceptors (Lipinski definition) is 3. The highest BCUT2D eigenvalue weighted by Crippen LogP contribution is 2.19. The van der Waals surface area contributed by atoms with E-state index in [0.717, 1.165) is 11.1 Å². The molecule has 0 unspecified atom stereocenters. The van der Waals surface area contributed by atoms with Crippen molar-refractivity contribution in [3.8, 4) is 5.75 Å². The van der Waals surface area contributed by atoms with Gasteiger partial charge in [-0.15, -0.1) is 0 Å². The molecule has 21 heavy (non-hydrogen) atoms. The van der Waals surface area contributed by atoms with E-state index in [1.54, 1.807) is 18.7 Å². The molecule has 1 aliphatic rings. The first kappa shape index (κ1) is 15.4. The van der Waals surface area contributed by atoms with Gasteiger partial charge in [-0.1, -0.05) is 6.07 Å². The molecule has 0 bridgehead atoms. The highest BCUT2D eigenvalue weighted by Gasteiger charge is 2.40. The van der Waals surface area contributed by atoms with E-state index >= 15 is 0 Å². The second kappa shape index (κ2) is 5.76. The van der Waals surface area contributed by atoms with Crippen molar-refractivity contribution in [3.63, 3.8) is 0 Å². The van der Waals surface area contributed by atoms with Gasteiger partial charge in [0.05, 0.1) is 0 Å². The minimum Gasteiger partial charge on any atom is -0.484 e. The maximum absolute atomic E-state index is 12.3. The molecule has 1 saturated heterocycles. The van der Waals surface area contributed by atoms with Crippen LogP contribution >= 0.6 is 0 Å². The van der Waals surface area contributed by atoms with Gasteiger partial charge in [-0.2, -0.15) is 0 Å². The van der Waals surface area contributed by atoms with Gasteiger partial charge in [0.1, 0.15) is 11.3 Å². The molecule has 1 heterocycles. The molecule has 1 aromatic carbocycles. The summed E-state index contributed by atoms with van der Waals surface area (Å²) in [6.45, 7) is 8.40. The smallest absolute Gasteiger partial charge is 0.261 e. The van der Waals surface area contributed by atoms with E-state index < -0.39 is 5.54 Å². The fourth-order valence-corrected chi connectivity index (χ4v) is 2.58. The Morgan fingerprint density at radius 3 is 2.52 bits per heavy atom. The fraction of sp³-hybridized carbons (Fsp3) is 0.500. The number of ether oxygens (including phenoxy) is 1. The molecule has 0 atom stereocenters. The van der Waals surface area contributed by atoms with Crippen molar-refractivity contribution in [1.82, 2.24) is 10.2 Å². The largest absolute Gasteiger partial charge is 0.484 e. The van der Waals surface area contributed by atoms with Crippen LogP contribution in [0.2, 0.25) is 0 Å². The Kier molecular flexibility index (Phi) is 4.21. The molecule has 0 aromatic heterocycles. The molecule has 0 aliphatic carbocycles. The predicted molar refractivity (Wildman–Crippen MR) is 80.2 cm³/mol. The summed E-state index contributed by atoms with van der Waals surface area (Å²) in [5.41, 5.74) is 1.35. The molecule has 0 saturated carbocycles. The van der Waals surface area contributed by atoms with E-state index in [0.29, 0.717) is 18.8 Å². The number of rotatable bonds is 3. The minimum atomic E-state index is -0.832. The zero-order chi connectivity index (χ0) is 15.6. The van der Waals surface area contributed by atoms with Gasteiger partial charge < -0.3 is 15.0 Å². The molecule has 1 fully saturated rings. The molecule has 2 rings (SSSR count). The normalized spacial score (nSPS) is 17.3. The van der Waals surface area contributed by atoms with Gasteiger partial charge in [0.2, 0.25) is 5.91 Å². The van der Waals surface area contributed by atoms with E-state index in [4.69, 9.17) is 4.74 Å². The van der Waals surface area contributed by atoms with E-state index in [1.807, 2.05) is 32.0 Å². The zero-order valence-electron chi connectivity index (χ0n) is 13.0. The highest BCUT2D eigenvalue weighted by atomic mass is 16.5. The fourth-order valence-electron chi connectivity index (χ4n) is 2.58. The molecule has 1 aliphatic heterocycles. The predicted octanol–water partition coefficient (Wildman–Crippen LogP) is 1.42. The van der Waals surface area contributed by atoms with Gasteiger partial charge in [-0.05, 0) is 51.0 Å². The van der Waals surface area contributed by atoms with Crippen LogP contribution in [0, 0.1) is 13.8 Å².